The number of halogens is 2. The summed E-state index contributed by atoms with van der Waals surface area (Å²) in [6.45, 7) is 3.83. The van der Waals surface area contributed by atoms with Crippen molar-refractivity contribution in [1.82, 2.24) is 10.6 Å². The van der Waals surface area contributed by atoms with Gasteiger partial charge in [0.05, 0.1) is 7.11 Å². The van der Waals surface area contributed by atoms with Crippen LogP contribution < -0.4 is 15.4 Å². The van der Waals surface area contributed by atoms with E-state index in [-0.39, 0.29) is 11.6 Å². The molecule has 0 bridgehead atoms. The number of rotatable bonds is 11. The zero-order chi connectivity index (χ0) is 38.0. The van der Waals surface area contributed by atoms with Gasteiger partial charge < -0.3 is 15.4 Å². The Labute approximate surface area is 325 Å². The summed E-state index contributed by atoms with van der Waals surface area (Å²) >= 11 is 0. The minimum atomic E-state index is -0.182. The van der Waals surface area contributed by atoms with Gasteiger partial charge in [-0.25, -0.2) is 8.78 Å². The highest BCUT2D eigenvalue weighted by Gasteiger charge is 2.30. The van der Waals surface area contributed by atoms with E-state index < -0.39 is 0 Å². The van der Waals surface area contributed by atoms with Crippen molar-refractivity contribution in [2.24, 2.45) is 0 Å². The molecule has 0 aromatic heterocycles. The second-order valence-electron chi connectivity index (χ2n) is 15.1. The molecule has 3 unspecified atom stereocenters. The molecule has 6 aromatic carbocycles. The Kier molecular flexibility index (Phi) is 12.8. The first-order valence-electron chi connectivity index (χ1n) is 19.7. The molecular formula is C50H52F2N2O. The van der Waals surface area contributed by atoms with Gasteiger partial charge in [-0.15, -0.1) is 0 Å². The first-order chi connectivity index (χ1) is 26.9. The molecule has 0 amide bonds. The molecule has 55 heavy (non-hydrogen) atoms. The molecule has 3 nitrogen and oxygen atoms in total. The maximum absolute atomic E-state index is 13.3. The summed E-state index contributed by atoms with van der Waals surface area (Å²) < 4.78 is 32.2. The highest BCUT2D eigenvalue weighted by atomic mass is 19.1. The molecule has 5 heteroatoms. The van der Waals surface area contributed by atoms with E-state index in [0.29, 0.717) is 23.9 Å². The van der Waals surface area contributed by atoms with Crippen LogP contribution in [0.3, 0.4) is 0 Å². The maximum Gasteiger partial charge on any atom is 0.123 e. The zero-order valence-electron chi connectivity index (χ0n) is 32.0. The fourth-order valence-electron chi connectivity index (χ4n) is 8.59. The third-order valence-electron chi connectivity index (χ3n) is 11.6. The normalized spacial score (nSPS) is 18.7. The average molecular weight is 735 g/mol. The topological polar surface area (TPSA) is 33.3 Å². The van der Waals surface area contributed by atoms with Gasteiger partial charge in [0.15, 0.2) is 0 Å². The molecule has 0 aliphatic heterocycles. The van der Waals surface area contributed by atoms with Gasteiger partial charge in [0, 0.05) is 42.6 Å². The average Bonchev–Trinajstić information content (AvgIpc) is 3.22. The van der Waals surface area contributed by atoms with Crippen LogP contribution in [0.15, 0.2) is 146 Å². The number of aryl methyl sites for hydroxylation is 3. The Hall–Kier alpha value is -5.10. The number of fused-ring (bicyclic) bond motifs is 2. The first-order valence-corrected chi connectivity index (χ1v) is 19.7. The number of benzene rings is 6. The quantitative estimate of drug-likeness (QED) is 0.139. The number of ether oxygens (including phenoxy) is 1. The van der Waals surface area contributed by atoms with Crippen molar-refractivity contribution >= 4 is 0 Å². The summed E-state index contributed by atoms with van der Waals surface area (Å²) in [7, 11) is 1.72. The second-order valence-corrected chi connectivity index (χ2v) is 15.1. The van der Waals surface area contributed by atoms with Crippen molar-refractivity contribution in [3.8, 4) is 5.75 Å². The molecule has 282 valence electrons. The van der Waals surface area contributed by atoms with Crippen LogP contribution in [0.4, 0.5) is 8.78 Å². The monoisotopic (exact) mass is 734 g/mol. The van der Waals surface area contributed by atoms with E-state index in [2.05, 4.69) is 96.4 Å². The number of hydrogen-bond acceptors (Lipinski definition) is 3. The van der Waals surface area contributed by atoms with Crippen molar-refractivity contribution in [1.29, 1.82) is 0 Å². The Morgan fingerprint density at radius 1 is 0.527 bits per heavy atom. The third kappa shape index (κ3) is 9.77. The number of para-hydroxylation sites is 1. The van der Waals surface area contributed by atoms with Crippen molar-refractivity contribution in [3.05, 3.63) is 207 Å². The van der Waals surface area contributed by atoms with Gasteiger partial charge in [-0.1, -0.05) is 115 Å². The van der Waals surface area contributed by atoms with Crippen LogP contribution in [0.25, 0.3) is 0 Å². The lowest BCUT2D eigenvalue weighted by Crippen LogP contribution is -2.39. The fraction of sp³-hybridized carbons (Fsp3) is 0.280. The van der Waals surface area contributed by atoms with Crippen LogP contribution in [0.2, 0.25) is 0 Å². The lowest BCUT2D eigenvalue weighted by molar-refractivity contribution is 0.373. The number of methoxy groups -OCH3 is 1. The molecule has 0 heterocycles. The first kappa shape index (κ1) is 38.2. The Balaban J connectivity index is 0.000000169. The van der Waals surface area contributed by atoms with E-state index in [9.17, 15) is 8.78 Å². The third-order valence-corrected chi connectivity index (χ3v) is 11.6. The molecule has 0 radical (unpaired) electrons. The van der Waals surface area contributed by atoms with E-state index in [0.717, 1.165) is 57.4 Å². The van der Waals surface area contributed by atoms with E-state index in [1.165, 1.54) is 50.1 Å². The highest BCUT2D eigenvalue weighted by molar-refractivity contribution is 5.39. The van der Waals surface area contributed by atoms with Gasteiger partial charge in [0.2, 0.25) is 0 Å². The van der Waals surface area contributed by atoms with Crippen LogP contribution in [0, 0.1) is 18.6 Å². The van der Waals surface area contributed by atoms with Gasteiger partial charge in [-0.2, -0.15) is 0 Å². The molecule has 6 aromatic rings. The van der Waals surface area contributed by atoms with Crippen molar-refractivity contribution in [2.75, 3.05) is 7.11 Å². The number of nitrogens with one attached hydrogen (secondary N) is 2. The van der Waals surface area contributed by atoms with Crippen LogP contribution in [-0.4, -0.2) is 19.2 Å². The molecule has 2 aliphatic carbocycles. The summed E-state index contributed by atoms with van der Waals surface area (Å²) in [4.78, 5) is 0. The van der Waals surface area contributed by atoms with E-state index in [4.69, 9.17) is 4.74 Å². The molecule has 0 saturated carbocycles. The van der Waals surface area contributed by atoms with Crippen LogP contribution in [0.1, 0.15) is 74.7 Å². The molecule has 2 aliphatic rings. The summed E-state index contributed by atoms with van der Waals surface area (Å²) in [6.07, 6.45) is 6.26. The van der Waals surface area contributed by atoms with Gasteiger partial charge in [-0.05, 0) is 120 Å². The van der Waals surface area contributed by atoms with Gasteiger partial charge in [0.1, 0.15) is 17.4 Å². The standard InChI is InChI=1S/C25H26FNO.C25H26FN/c1-28-25-9-5-3-7-20(25)17-27-24-15-12-19-6-2-4-8-22(19)23(24)16-18-10-13-21(26)14-11-18;1-18-6-2-3-8-21(18)17-27-25-15-12-20-7-4-5-9-23(20)24(25)16-19-10-13-22(26)14-11-19/h2-11,13-14,23-24,27H,12,15-17H2,1H3;2-11,13-14,24-25,27H,12,15-17H2,1H3/t;24-,25?/m.1/s1. The van der Waals surface area contributed by atoms with Crippen molar-refractivity contribution in [3.63, 3.8) is 0 Å². The van der Waals surface area contributed by atoms with Crippen LogP contribution >= 0.6 is 0 Å². The minimum absolute atomic E-state index is 0.169. The highest BCUT2D eigenvalue weighted by Crippen LogP contribution is 2.36. The lowest BCUT2D eigenvalue weighted by atomic mass is 9.76. The van der Waals surface area contributed by atoms with Gasteiger partial charge in [0.25, 0.3) is 0 Å². The summed E-state index contributed by atoms with van der Waals surface area (Å²) in [5, 5.41) is 7.61. The molecule has 4 atom stereocenters. The largest absolute Gasteiger partial charge is 0.496 e. The summed E-state index contributed by atoms with van der Waals surface area (Å²) in [6, 6.07) is 49.0. The molecular weight excluding hydrogens is 683 g/mol. The van der Waals surface area contributed by atoms with Crippen LogP contribution in [-0.2, 0) is 38.8 Å². The Morgan fingerprint density at radius 3 is 1.47 bits per heavy atom. The minimum Gasteiger partial charge on any atom is -0.496 e. The summed E-state index contributed by atoms with van der Waals surface area (Å²) in [5.41, 5.74) is 12.0. The van der Waals surface area contributed by atoms with Gasteiger partial charge in [-0.3, -0.25) is 0 Å². The zero-order valence-corrected chi connectivity index (χ0v) is 32.0. The fourth-order valence-corrected chi connectivity index (χ4v) is 8.59. The van der Waals surface area contributed by atoms with E-state index in [1.807, 2.05) is 42.5 Å². The molecule has 0 saturated heterocycles. The SMILES string of the molecule is COc1ccccc1CNC1CCc2ccccc2C1Cc1ccc(F)cc1.Cc1ccccc1CNC1CCc2ccccc2[C@H]1Cc1ccc(F)cc1. The van der Waals surface area contributed by atoms with Gasteiger partial charge >= 0.3 is 0 Å². The van der Waals surface area contributed by atoms with Crippen molar-refractivity contribution in [2.45, 2.75) is 82.5 Å². The predicted octanol–water partition coefficient (Wildman–Crippen LogP) is 10.8. The predicted molar refractivity (Wildman–Crippen MR) is 221 cm³/mol. The molecule has 0 fully saturated rings. The van der Waals surface area contributed by atoms with E-state index >= 15 is 0 Å². The van der Waals surface area contributed by atoms with E-state index in [1.54, 1.807) is 31.4 Å². The Bertz CT molecular complexity index is 2130. The maximum atomic E-state index is 13.3. The molecule has 0 spiro atoms. The van der Waals surface area contributed by atoms with Crippen LogP contribution in [0.5, 0.6) is 5.75 Å². The molecule has 2 N–H and O–H groups in total. The summed E-state index contributed by atoms with van der Waals surface area (Å²) in [5.74, 6) is 1.34. The number of hydrogen-bond donors (Lipinski definition) is 2. The lowest BCUT2D eigenvalue weighted by Gasteiger charge is -2.35. The van der Waals surface area contributed by atoms with Crippen molar-refractivity contribution < 1.29 is 13.5 Å². The smallest absolute Gasteiger partial charge is 0.123 e. The molecule has 8 rings (SSSR count). The second kappa shape index (κ2) is 18.5. The Morgan fingerprint density at radius 2 is 0.964 bits per heavy atom.